The second-order valence-corrected chi connectivity index (χ2v) is 7.48. The van der Waals surface area contributed by atoms with E-state index < -0.39 is 29.6 Å². The van der Waals surface area contributed by atoms with Gasteiger partial charge >= 0.3 is 0 Å². The number of hydrogen-bond donors (Lipinski definition) is 1. The number of para-hydroxylation sites is 1. The number of alkyl halides is 1. The first-order valence-corrected chi connectivity index (χ1v) is 8.85. The minimum absolute atomic E-state index is 0.0108. The van der Waals surface area contributed by atoms with Crippen molar-refractivity contribution in [2.75, 3.05) is 20.3 Å². The normalized spacial score (nSPS) is 45.4. The Hall–Kier alpha value is -1.21. The minimum atomic E-state index is -1.33. The minimum Gasteiger partial charge on any atom is -0.493 e. The summed E-state index contributed by atoms with van der Waals surface area (Å²) in [7, 11) is 1.51. The molecule has 0 bridgehead atoms. The third-order valence-corrected chi connectivity index (χ3v) is 5.92. The van der Waals surface area contributed by atoms with Gasteiger partial charge in [0, 0.05) is 20.0 Å². The molecule has 1 saturated carbocycles. The van der Waals surface area contributed by atoms with E-state index in [2.05, 4.69) is 0 Å². The van der Waals surface area contributed by atoms with Crippen LogP contribution in [0.4, 0.5) is 4.39 Å². The molecule has 0 aromatic heterocycles. The zero-order valence-electron chi connectivity index (χ0n) is 14.6. The maximum Gasteiger partial charge on any atom is 0.131 e. The van der Waals surface area contributed by atoms with E-state index in [4.69, 9.17) is 18.9 Å². The highest BCUT2D eigenvalue weighted by Crippen LogP contribution is 2.59. The van der Waals surface area contributed by atoms with Crippen LogP contribution in [-0.2, 0) is 14.2 Å². The highest BCUT2D eigenvalue weighted by molar-refractivity contribution is 5.22. The Balaban J connectivity index is 1.40. The van der Waals surface area contributed by atoms with Crippen LogP contribution in [0, 0.1) is 5.92 Å². The van der Waals surface area contributed by atoms with Gasteiger partial charge < -0.3 is 24.1 Å². The molecule has 1 aromatic rings. The molecule has 1 spiro atoms. The molecule has 0 radical (unpaired) electrons. The highest BCUT2D eigenvalue weighted by atomic mass is 19.1. The van der Waals surface area contributed by atoms with Crippen molar-refractivity contribution in [2.24, 2.45) is 5.92 Å². The quantitative estimate of drug-likeness (QED) is 0.795. The lowest BCUT2D eigenvalue weighted by molar-refractivity contribution is -0.144. The lowest BCUT2D eigenvalue weighted by atomic mass is 9.67. The largest absolute Gasteiger partial charge is 0.493 e. The van der Waals surface area contributed by atoms with Gasteiger partial charge in [0.2, 0.25) is 0 Å². The van der Waals surface area contributed by atoms with E-state index in [0.717, 1.165) is 12.2 Å². The predicted molar refractivity (Wildman–Crippen MR) is 88.3 cm³/mol. The Morgan fingerprint density at radius 1 is 1.32 bits per heavy atom. The van der Waals surface area contributed by atoms with E-state index in [9.17, 15) is 9.50 Å². The van der Waals surface area contributed by atoms with Crippen LogP contribution in [0.15, 0.2) is 30.3 Å². The topological polar surface area (TPSA) is 63.8 Å². The average Bonchev–Trinajstić information content (AvgIpc) is 3.51. The summed E-state index contributed by atoms with van der Waals surface area (Å²) < 4.78 is 37.0. The van der Waals surface area contributed by atoms with Crippen LogP contribution in [0.5, 0.6) is 5.75 Å². The van der Waals surface area contributed by atoms with Crippen LogP contribution >= 0.6 is 0 Å². The Kier molecular flexibility index (Phi) is 4.27. The second kappa shape index (κ2) is 6.20. The van der Waals surface area contributed by atoms with Crippen molar-refractivity contribution < 1.29 is 28.4 Å². The molecule has 138 valence electrons. The zero-order valence-corrected chi connectivity index (χ0v) is 14.6. The van der Waals surface area contributed by atoms with Gasteiger partial charge in [0.05, 0.1) is 31.3 Å². The zero-order chi connectivity index (χ0) is 17.7. The van der Waals surface area contributed by atoms with Gasteiger partial charge in [0.15, 0.2) is 0 Å². The molecular formula is C19H25FO5. The van der Waals surface area contributed by atoms with Crippen molar-refractivity contribution in [2.45, 2.75) is 55.5 Å². The van der Waals surface area contributed by atoms with Gasteiger partial charge in [-0.1, -0.05) is 18.2 Å². The summed E-state index contributed by atoms with van der Waals surface area (Å²) in [6.07, 6.45) is -2.19. The van der Waals surface area contributed by atoms with E-state index >= 15 is 0 Å². The molecule has 5 nitrogen and oxygen atoms in total. The molecular weight excluding hydrogens is 327 g/mol. The second-order valence-electron chi connectivity index (χ2n) is 7.48. The summed E-state index contributed by atoms with van der Waals surface area (Å²) in [6, 6.07) is 9.64. The van der Waals surface area contributed by atoms with E-state index in [1.165, 1.54) is 7.11 Å². The van der Waals surface area contributed by atoms with E-state index in [1.807, 2.05) is 37.3 Å². The molecule has 25 heavy (non-hydrogen) atoms. The van der Waals surface area contributed by atoms with Gasteiger partial charge in [-0.15, -0.1) is 0 Å². The molecule has 0 amide bonds. The van der Waals surface area contributed by atoms with Gasteiger partial charge in [0.25, 0.3) is 0 Å². The average molecular weight is 352 g/mol. The first kappa shape index (κ1) is 17.2. The Bertz CT molecular complexity index is 607. The lowest BCUT2D eigenvalue weighted by Crippen LogP contribution is -2.58. The highest BCUT2D eigenvalue weighted by Gasteiger charge is 2.73. The van der Waals surface area contributed by atoms with Crippen LogP contribution in [-0.4, -0.2) is 61.1 Å². The summed E-state index contributed by atoms with van der Waals surface area (Å²) in [5.74, 6) is 0.642. The van der Waals surface area contributed by atoms with Gasteiger partial charge in [-0.25, -0.2) is 4.39 Å². The smallest absolute Gasteiger partial charge is 0.131 e. The number of epoxide rings is 2. The number of aliphatic hydroxyl groups excluding tert-OH is 1. The number of benzene rings is 1. The van der Waals surface area contributed by atoms with Crippen LogP contribution in [0.2, 0.25) is 0 Å². The Morgan fingerprint density at radius 2 is 2.04 bits per heavy atom. The van der Waals surface area contributed by atoms with Crippen molar-refractivity contribution in [3.8, 4) is 5.75 Å². The molecule has 0 unspecified atom stereocenters. The van der Waals surface area contributed by atoms with Gasteiger partial charge in [-0.2, -0.15) is 0 Å². The van der Waals surface area contributed by atoms with E-state index in [-0.39, 0.29) is 18.4 Å². The molecule has 1 N–H and O–H groups in total. The monoisotopic (exact) mass is 352 g/mol. The maximum absolute atomic E-state index is 14.1. The van der Waals surface area contributed by atoms with Crippen molar-refractivity contribution in [3.63, 3.8) is 0 Å². The van der Waals surface area contributed by atoms with Crippen LogP contribution in [0.3, 0.4) is 0 Å². The Morgan fingerprint density at radius 3 is 2.68 bits per heavy atom. The van der Waals surface area contributed by atoms with Gasteiger partial charge in [0.1, 0.15) is 29.2 Å². The fourth-order valence-corrected chi connectivity index (χ4v) is 4.49. The fraction of sp³-hybridized carbons (Fsp3) is 0.684. The van der Waals surface area contributed by atoms with Crippen molar-refractivity contribution in [3.05, 3.63) is 30.3 Å². The third kappa shape index (κ3) is 2.95. The standard InChI is InChI=1S/C19H25FO5/c1-18(14(25-18)8-9-23-12-6-4-3-5-7-12)17-16(22-2)15(21)13(20)10-19(17)11-24-19/h3-7,13-17,21H,8-11H2,1-2H3/t13-,14+,15+,16+,17+,18+,19-/m0/s1. The Labute approximate surface area is 147 Å². The molecule has 3 fully saturated rings. The molecule has 1 aromatic carbocycles. The molecule has 2 heterocycles. The first-order chi connectivity index (χ1) is 12.0. The van der Waals surface area contributed by atoms with E-state index in [0.29, 0.717) is 13.2 Å². The van der Waals surface area contributed by atoms with Crippen LogP contribution < -0.4 is 4.74 Å². The number of halogens is 1. The van der Waals surface area contributed by atoms with Gasteiger partial charge in [-0.3, -0.25) is 0 Å². The molecule has 4 rings (SSSR count). The predicted octanol–water partition coefficient (Wildman–Crippen LogP) is 2.12. The maximum atomic E-state index is 14.1. The number of aliphatic hydroxyl groups is 1. The number of methoxy groups -OCH3 is 1. The molecule has 3 aliphatic rings. The SMILES string of the molecule is CO[C@@H]1[C@H](O)[C@@H](F)C[C@]2(CO2)[C@H]1[C@]1(C)O[C@@H]1CCOc1ccccc1. The number of rotatable bonds is 6. The summed E-state index contributed by atoms with van der Waals surface area (Å²) in [4.78, 5) is 0. The van der Waals surface area contributed by atoms with Crippen molar-refractivity contribution in [1.82, 2.24) is 0 Å². The third-order valence-electron chi connectivity index (χ3n) is 5.92. The molecule has 7 atom stereocenters. The number of ether oxygens (including phenoxy) is 4. The van der Waals surface area contributed by atoms with Crippen LogP contribution in [0.1, 0.15) is 19.8 Å². The fourth-order valence-electron chi connectivity index (χ4n) is 4.49. The van der Waals surface area contributed by atoms with Crippen molar-refractivity contribution >= 4 is 0 Å². The molecule has 6 heteroatoms. The summed E-state index contributed by atoms with van der Waals surface area (Å²) in [5.41, 5.74) is -1.05. The first-order valence-electron chi connectivity index (χ1n) is 8.85. The molecule has 2 saturated heterocycles. The summed E-state index contributed by atoms with van der Waals surface area (Å²) in [6.45, 7) is 3.04. The van der Waals surface area contributed by atoms with Crippen molar-refractivity contribution in [1.29, 1.82) is 0 Å². The van der Waals surface area contributed by atoms with E-state index in [1.54, 1.807) is 0 Å². The molecule has 1 aliphatic carbocycles. The molecule has 2 aliphatic heterocycles. The lowest BCUT2D eigenvalue weighted by Gasteiger charge is -2.42. The summed E-state index contributed by atoms with van der Waals surface area (Å²) in [5, 5.41) is 10.2. The van der Waals surface area contributed by atoms with Gasteiger partial charge in [-0.05, 0) is 19.1 Å². The number of hydrogen-bond acceptors (Lipinski definition) is 5. The summed E-state index contributed by atoms with van der Waals surface area (Å²) >= 11 is 0. The van der Waals surface area contributed by atoms with Crippen LogP contribution in [0.25, 0.3) is 0 Å².